The van der Waals surface area contributed by atoms with Gasteiger partial charge in [-0.1, -0.05) is 54.6 Å². The van der Waals surface area contributed by atoms with E-state index in [1.807, 2.05) is 113 Å². The van der Waals surface area contributed by atoms with E-state index >= 15 is 0 Å². The normalized spacial score (nSPS) is 15.2. The van der Waals surface area contributed by atoms with Crippen molar-refractivity contribution in [3.8, 4) is 0 Å². The van der Waals surface area contributed by atoms with Crippen LogP contribution < -0.4 is 9.80 Å². The first kappa shape index (κ1) is 15.0. The number of rotatable bonds is 3. The molecule has 0 saturated heterocycles. The van der Waals surface area contributed by atoms with Crippen molar-refractivity contribution in [2.75, 3.05) is 9.80 Å². The topological polar surface area (TPSA) is 34.6 Å². The van der Waals surface area contributed by atoms with Gasteiger partial charge < -0.3 is 0 Å². The molecule has 4 nitrogen and oxygen atoms in total. The van der Waals surface area contributed by atoms with Crippen LogP contribution in [0.3, 0.4) is 0 Å². The Morgan fingerprint density at radius 2 is 1.00 bits per heavy atom. The Hall–Kier alpha value is -3.58. The van der Waals surface area contributed by atoms with Gasteiger partial charge in [0.2, 0.25) is 5.39 Å². The summed E-state index contributed by atoms with van der Waals surface area (Å²) in [7, 11) is 0. The molecule has 0 atom stereocenters. The minimum Gasteiger partial charge on any atom is -0.245 e. The molecule has 25 heavy (non-hydrogen) atoms. The zero-order chi connectivity index (χ0) is 17.1. The van der Waals surface area contributed by atoms with Crippen LogP contribution in [0.15, 0.2) is 103 Å². The average molecular weight is 325 g/mol. The van der Waals surface area contributed by atoms with Crippen LogP contribution in [-0.2, 0) is 5.79 Å². The van der Waals surface area contributed by atoms with Gasteiger partial charge in [0.05, 0.1) is 16.9 Å². The number of hydrogen-bond donors (Lipinski definition) is 0. The first-order valence-electron chi connectivity index (χ1n) is 8.15. The highest BCUT2D eigenvalue weighted by Gasteiger charge is 2.60. The van der Waals surface area contributed by atoms with Crippen molar-refractivity contribution in [3.05, 3.63) is 114 Å². The van der Waals surface area contributed by atoms with E-state index in [0.29, 0.717) is 0 Å². The second-order valence-electron chi connectivity index (χ2n) is 5.81. The van der Waals surface area contributed by atoms with Crippen LogP contribution in [0.1, 0.15) is 5.56 Å². The Morgan fingerprint density at radius 3 is 1.40 bits per heavy atom. The van der Waals surface area contributed by atoms with Crippen molar-refractivity contribution >= 4 is 11.4 Å². The van der Waals surface area contributed by atoms with E-state index in [-0.39, 0.29) is 0 Å². The Balaban J connectivity index is 1.93. The summed E-state index contributed by atoms with van der Waals surface area (Å²) >= 11 is 0. The fourth-order valence-corrected chi connectivity index (χ4v) is 3.26. The number of benzene rings is 3. The minimum absolute atomic E-state index is 0.871. The molecule has 0 bridgehead atoms. The van der Waals surface area contributed by atoms with Crippen molar-refractivity contribution in [1.82, 2.24) is 0 Å². The largest absolute Gasteiger partial charge is 0.514 e. The number of para-hydroxylation sites is 2. The Labute approximate surface area is 146 Å². The van der Waals surface area contributed by atoms with Crippen molar-refractivity contribution in [3.63, 3.8) is 0 Å². The predicted octanol–water partition coefficient (Wildman–Crippen LogP) is 5.15. The highest BCUT2D eigenvalue weighted by atomic mass is 15.5. The van der Waals surface area contributed by atoms with Gasteiger partial charge in [-0.2, -0.15) is 0 Å². The van der Waals surface area contributed by atoms with Gasteiger partial charge in [0.15, 0.2) is 4.98 Å². The lowest BCUT2D eigenvalue weighted by atomic mass is 10.0. The third kappa shape index (κ3) is 2.34. The third-order valence-electron chi connectivity index (χ3n) is 4.41. The van der Waals surface area contributed by atoms with Crippen LogP contribution in [0, 0.1) is 5.39 Å². The van der Waals surface area contributed by atoms with Gasteiger partial charge in [0.1, 0.15) is 0 Å². The maximum atomic E-state index is 10.2. The molecule has 1 heterocycles. The number of hydrogen-bond acceptors (Lipinski definition) is 3. The number of nitrogens with zero attached hydrogens (tertiary/aromatic N) is 4. The molecule has 4 heteroatoms. The SMILES string of the molecule is N#[N+]C1(c2ccccc2)N(c2ccccc2)C=CN1c1ccccc1. The lowest BCUT2D eigenvalue weighted by Crippen LogP contribution is -2.48. The second-order valence-corrected chi connectivity index (χ2v) is 5.81. The Kier molecular flexibility index (Phi) is 3.68. The second kappa shape index (κ2) is 6.14. The molecule has 0 radical (unpaired) electrons. The van der Waals surface area contributed by atoms with Crippen LogP contribution in [0.5, 0.6) is 0 Å². The van der Waals surface area contributed by atoms with E-state index in [0.717, 1.165) is 16.9 Å². The fraction of sp³-hybridized carbons (Fsp3) is 0.0476. The van der Waals surface area contributed by atoms with Crippen LogP contribution in [0.25, 0.3) is 4.98 Å². The highest BCUT2D eigenvalue weighted by molar-refractivity contribution is 5.67. The maximum absolute atomic E-state index is 10.2. The Morgan fingerprint density at radius 1 is 0.600 bits per heavy atom. The zero-order valence-corrected chi connectivity index (χ0v) is 13.6. The molecule has 0 amide bonds. The summed E-state index contributed by atoms with van der Waals surface area (Å²) in [5.74, 6) is -1.09. The summed E-state index contributed by atoms with van der Waals surface area (Å²) in [4.78, 5) is 7.83. The van der Waals surface area contributed by atoms with Gasteiger partial charge >= 0.3 is 5.79 Å². The van der Waals surface area contributed by atoms with E-state index in [1.54, 1.807) is 0 Å². The monoisotopic (exact) mass is 325 g/mol. The standard InChI is InChI=1S/C21H17N4/c22-23-21(18-10-4-1-5-11-18)24(19-12-6-2-7-13-19)16-17-25(21)20-14-8-3-9-15-20/h1-17H/q+1. The van der Waals surface area contributed by atoms with Crippen molar-refractivity contribution < 1.29 is 0 Å². The van der Waals surface area contributed by atoms with Crippen molar-refractivity contribution in [1.29, 1.82) is 5.39 Å². The molecule has 1 aliphatic heterocycles. The van der Waals surface area contributed by atoms with Gasteiger partial charge in [0.25, 0.3) is 0 Å². The highest BCUT2D eigenvalue weighted by Crippen LogP contribution is 2.44. The Bertz CT molecular complexity index is 865. The molecule has 0 aromatic heterocycles. The van der Waals surface area contributed by atoms with E-state index in [9.17, 15) is 5.39 Å². The third-order valence-corrected chi connectivity index (χ3v) is 4.41. The van der Waals surface area contributed by atoms with Gasteiger partial charge in [-0.3, -0.25) is 0 Å². The molecule has 0 unspecified atom stereocenters. The zero-order valence-electron chi connectivity index (χ0n) is 13.6. The molecule has 0 fully saturated rings. The summed E-state index contributed by atoms with van der Waals surface area (Å²) in [5, 5.41) is 10.2. The summed E-state index contributed by atoms with van der Waals surface area (Å²) in [6.45, 7) is 0. The van der Waals surface area contributed by atoms with E-state index in [2.05, 4.69) is 4.98 Å². The average Bonchev–Trinajstić information content (AvgIpc) is 3.10. The lowest BCUT2D eigenvalue weighted by molar-refractivity contribution is 0.558. The lowest BCUT2D eigenvalue weighted by Gasteiger charge is -2.30. The minimum atomic E-state index is -1.09. The van der Waals surface area contributed by atoms with Gasteiger partial charge in [-0.25, -0.2) is 9.80 Å². The van der Waals surface area contributed by atoms with Gasteiger partial charge in [-0.05, 0) is 36.4 Å². The number of diazo groups is 1. The van der Waals surface area contributed by atoms with Crippen LogP contribution >= 0.6 is 0 Å². The van der Waals surface area contributed by atoms with Crippen LogP contribution in [-0.4, -0.2) is 0 Å². The van der Waals surface area contributed by atoms with Crippen LogP contribution in [0.4, 0.5) is 11.4 Å². The van der Waals surface area contributed by atoms with E-state index in [4.69, 9.17) is 0 Å². The smallest absolute Gasteiger partial charge is 0.245 e. The van der Waals surface area contributed by atoms with E-state index in [1.165, 1.54) is 0 Å². The molecule has 3 aromatic carbocycles. The summed E-state index contributed by atoms with van der Waals surface area (Å²) < 4.78 is 0. The molecular formula is C21H17N4+. The van der Waals surface area contributed by atoms with Gasteiger partial charge in [0, 0.05) is 12.4 Å². The number of anilines is 2. The van der Waals surface area contributed by atoms with Crippen LogP contribution in [0.2, 0.25) is 0 Å². The summed E-state index contributed by atoms with van der Waals surface area (Å²) in [6, 6.07) is 29.6. The van der Waals surface area contributed by atoms with Crippen molar-refractivity contribution in [2.45, 2.75) is 5.79 Å². The molecule has 0 aliphatic carbocycles. The summed E-state index contributed by atoms with van der Waals surface area (Å²) in [6.07, 6.45) is 3.88. The molecule has 0 saturated carbocycles. The summed E-state index contributed by atoms with van der Waals surface area (Å²) in [5.41, 5.74) is 2.76. The van der Waals surface area contributed by atoms with Gasteiger partial charge in [-0.15, -0.1) is 0 Å². The first-order valence-corrected chi connectivity index (χ1v) is 8.15. The predicted molar refractivity (Wildman–Crippen MR) is 100 cm³/mol. The molecule has 3 aromatic rings. The molecule has 120 valence electrons. The molecule has 4 rings (SSSR count). The van der Waals surface area contributed by atoms with Crippen molar-refractivity contribution in [2.24, 2.45) is 0 Å². The maximum Gasteiger partial charge on any atom is 0.514 e. The molecule has 0 N–H and O–H groups in total. The van der Waals surface area contributed by atoms with E-state index < -0.39 is 5.79 Å². The first-order chi connectivity index (χ1) is 12.4. The molecule has 0 spiro atoms. The quantitative estimate of drug-likeness (QED) is 0.625. The molecule has 1 aliphatic rings. The molecular weight excluding hydrogens is 308 g/mol. The fourth-order valence-electron chi connectivity index (χ4n) is 3.26.